The van der Waals surface area contributed by atoms with Crippen LogP contribution in [0.4, 0.5) is 5.69 Å². The first kappa shape index (κ1) is 13.8. The van der Waals surface area contributed by atoms with Gasteiger partial charge in [0.05, 0.1) is 6.10 Å². The third-order valence-electron chi connectivity index (χ3n) is 3.95. The average Bonchev–Trinajstić information content (AvgIpc) is 2.69. The SMILES string of the molecule is O=C1CCCN(CC(O)c2ccccc2)c2ccccc21. The molecule has 3 rings (SSSR count). The van der Waals surface area contributed by atoms with Crippen LogP contribution in [0.5, 0.6) is 0 Å². The van der Waals surface area contributed by atoms with Crippen LogP contribution in [0.2, 0.25) is 0 Å². The fraction of sp³-hybridized carbons (Fsp3) is 0.278. The van der Waals surface area contributed by atoms with Crippen molar-refractivity contribution >= 4 is 11.5 Å². The zero-order valence-corrected chi connectivity index (χ0v) is 11.9. The minimum atomic E-state index is -0.549. The number of rotatable bonds is 3. The number of nitrogens with zero attached hydrogens (tertiary/aromatic N) is 1. The van der Waals surface area contributed by atoms with Gasteiger partial charge in [0.25, 0.3) is 0 Å². The quantitative estimate of drug-likeness (QED) is 0.939. The lowest BCUT2D eigenvalue weighted by Crippen LogP contribution is -2.29. The van der Waals surface area contributed by atoms with Crippen LogP contribution >= 0.6 is 0 Å². The minimum Gasteiger partial charge on any atom is -0.387 e. The summed E-state index contributed by atoms with van der Waals surface area (Å²) in [5.41, 5.74) is 2.62. The molecule has 1 atom stereocenters. The molecule has 0 spiro atoms. The van der Waals surface area contributed by atoms with Gasteiger partial charge in [-0.25, -0.2) is 0 Å². The number of anilines is 1. The molecule has 21 heavy (non-hydrogen) atoms. The van der Waals surface area contributed by atoms with Crippen molar-refractivity contribution in [2.75, 3.05) is 18.0 Å². The maximum absolute atomic E-state index is 12.1. The number of aliphatic hydroxyl groups excluding tert-OH is 1. The molecule has 1 heterocycles. The van der Waals surface area contributed by atoms with Crippen LogP contribution in [0.1, 0.15) is 34.9 Å². The molecule has 0 bridgehead atoms. The molecule has 2 aromatic carbocycles. The van der Waals surface area contributed by atoms with E-state index in [0.717, 1.165) is 29.8 Å². The molecule has 0 saturated heterocycles. The fourth-order valence-electron chi connectivity index (χ4n) is 2.85. The smallest absolute Gasteiger partial charge is 0.165 e. The molecular formula is C18H19NO2. The number of carbonyl (C=O) groups is 1. The van der Waals surface area contributed by atoms with Gasteiger partial charge in [-0.1, -0.05) is 42.5 Å². The standard InChI is InChI=1S/C18H19NO2/c20-17-11-6-12-19(16-10-5-4-9-15(16)17)13-18(21)14-7-2-1-3-8-14/h1-5,7-10,18,21H,6,11-13H2. The van der Waals surface area contributed by atoms with E-state index < -0.39 is 6.10 Å². The number of Topliss-reactive ketones (excluding diaryl/α,β-unsaturated/α-hetero) is 1. The normalized spacial score (nSPS) is 16.2. The predicted octanol–water partition coefficient (Wildman–Crippen LogP) is 3.20. The zero-order valence-electron chi connectivity index (χ0n) is 11.9. The Morgan fingerprint density at radius 1 is 1.05 bits per heavy atom. The molecule has 0 saturated carbocycles. The number of para-hydroxylation sites is 1. The van der Waals surface area contributed by atoms with Gasteiger partial charge in [0, 0.05) is 30.8 Å². The molecule has 108 valence electrons. The monoisotopic (exact) mass is 281 g/mol. The van der Waals surface area contributed by atoms with Crippen LogP contribution in [-0.4, -0.2) is 24.0 Å². The highest BCUT2D eigenvalue weighted by Gasteiger charge is 2.22. The van der Waals surface area contributed by atoms with Gasteiger partial charge >= 0.3 is 0 Å². The lowest BCUT2D eigenvalue weighted by Gasteiger charge is -2.27. The molecule has 1 aliphatic rings. The fourth-order valence-corrected chi connectivity index (χ4v) is 2.85. The summed E-state index contributed by atoms with van der Waals surface area (Å²) in [6.07, 6.45) is 0.858. The van der Waals surface area contributed by atoms with Crippen LogP contribution in [0.25, 0.3) is 0 Å². The van der Waals surface area contributed by atoms with E-state index in [0.29, 0.717) is 13.0 Å². The molecule has 0 aromatic heterocycles. The lowest BCUT2D eigenvalue weighted by atomic mass is 10.1. The maximum Gasteiger partial charge on any atom is 0.165 e. The van der Waals surface area contributed by atoms with Crippen LogP contribution in [0.15, 0.2) is 54.6 Å². The van der Waals surface area contributed by atoms with Crippen LogP contribution in [-0.2, 0) is 0 Å². The average molecular weight is 281 g/mol. The molecule has 0 fully saturated rings. The molecule has 0 amide bonds. The summed E-state index contributed by atoms with van der Waals surface area (Å²) in [5.74, 6) is 0.197. The van der Waals surface area contributed by atoms with E-state index in [1.165, 1.54) is 0 Å². The Hall–Kier alpha value is -2.13. The number of ketones is 1. The third-order valence-corrected chi connectivity index (χ3v) is 3.95. The number of carbonyl (C=O) groups excluding carboxylic acids is 1. The summed E-state index contributed by atoms with van der Waals surface area (Å²) < 4.78 is 0. The van der Waals surface area contributed by atoms with E-state index in [4.69, 9.17) is 0 Å². The maximum atomic E-state index is 12.1. The van der Waals surface area contributed by atoms with Gasteiger partial charge in [-0.05, 0) is 24.1 Å². The van der Waals surface area contributed by atoms with E-state index in [-0.39, 0.29) is 5.78 Å². The minimum absolute atomic E-state index is 0.197. The van der Waals surface area contributed by atoms with Crippen molar-refractivity contribution in [1.82, 2.24) is 0 Å². The van der Waals surface area contributed by atoms with Gasteiger partial charge in [-0.3, -0.25) is 4.79 Å². The number of aliphatic hydroxyl groups is 1. The topological polar surface area (TPSA) is 40.5 Å². The Balaban J connectivity index is 1.85. The number of hydrogen-bond donors (Lipinski definition) is 1. The summed E-state index contributed by atoms with van der Waals surface area (Å²) >= 11 is 0. The first-order chi connectivity index (χ1) is 10.3. The van der Waals surface area contributed by atoms with Crippen LogP contribution in [0.3, 0.4) is 0 Å². The van der Waals surface area contributed by atoms with Crippen LogP contribution < -0.4 is 4.90 Å². The Morgan fingerprint density at radius 3 is 2.57 bits per heavy atom. The van der Waals surface area contributed by atoms with Crippen molar-refractivity contribution in [1.29, 1.82) is 0 Å². The van der Waals surface area contributed by atoms with Crippen molar-refractivity contribution in [3.05, 3.63) is 65.7 Å². The van der Waals surface area contributed by atoms with Crippen molar-refractivity contribution in [2.24, 2.45) is 0 Å². The molecule has 2 aromatic rings. The Morgan fingerprint density at radius 2 is 1.76 bits per heavy atom. The largest absolute Gasteiger partial charge is 0.387 e. The molecular weight excluding hydrogens is 262 g/mol. The van der Waals surface area contributed by atoms with E-state index in [1.807, 2.05) is 54.6 Å². The molecule has 3 heteroatoms. The second kappa shape index (κ2) is 6.10. The molecule has 1 aliphatic heterocycles. The van der Waals surface area contributed by atoms with Gasteiger partial charge in [0.1, 0.15) is 0 Å². The summed E-state index contributed by atoms with van der Waals surface area (Å²) in [4.78, 5) is 14.2. The van der Waals surface area contributed by atoms with E-state index in [1.54, 1.807) is 0 Å². The highest BCUT2D eigenvalue weighted by atomic mass is 16.3. The van der Waals surface area contributed by atoms with E-state index in [2.05, 4.69) is 4.90 Å². The van der Waals surface area contributed by atoms with E-state index in [9.17, 15) is 9.90 Å². The third kappa shape index (κ3) is 2.98. The van der Waals surface area contributed by atoms with E-state index >= 15 is 0 Å². The second-order valence-corrected chi connectivity index (χ2v) is 5.42. The van der Waals surface area contributed by atoms with Crippen molar-refractivity contribution in [3.8, 4) is 0 Å². The number of fused-ring (bicyclic) bond motifs is 1. The summed E-state index contributed by atoms with van der Waals surface area (Å²) in [5, 5.41) is 10.4. The summed E-state index contributed by atoms with van der Waals surface area (Å²) in [6.45, 7) is 1.31. The lowest BCUT2D eigenvalue weighted by molar-refractivity contribution is 0.0984. The van der Waals surface area contributed by atoms with Crippen molar-refractivity contribution in [3.63, 3.8) is 0 Å². The van der Waals surface area contributed by atoms with Gasteiger partial charge < -0.3 is 10.0 Å². The number of benzene rings is 2. The zero-order chi connectivity index (χ0) is 14.7. The van der Waals surface area contributed by atoms with Gasteiger partial charge in [0.2, 0.25) is 0 Å². The predicted molar refractivity (Wildman–Crippen MR) is 83.6 cm³/mol. The highest BCUT2D eigenvalue weighted by molar-refractivity contribution is 6.01. The molecule has 1 N–H and O–H groups in total. The second-order valence-electron chi connectivity index (χ2n) is 5.42. The van der Waals surface area contributed by atoms with Crippen LogP contribution in [0, 0.1) is 0 Å². The Kier molecular flexibility index (Phi) is 4.02. The molecule has 0 radical (unpaired) electrons. The molecule has 3 nitrogen and oxygen atoms in total. The molecule has 0 aliphatic carbocycles. The van der Waals surface area contributed by atoms with Crippen molar-refractivity contribution < 1.29 is 9.90 Å². The number of hydrogen-bond acceptors (Lipinski definition) is 3. The Labute approximate surface area is 124 Å². The number of β-amino-alcohol motifs (C(OH)–C–C–N with tert-alkyl or cyclic N) is 1. The highest BCUT2D eigenvalue weighted by Crippen LogP contribution is 2.28. The summed E-state index contributed by atoms with van der Waals surface area (Å²) in [7, 11) is 0. The Bertz CT molecular complexity index is 624. The van der Waals surface area contributed by atoms with Gasteiger partial charge in [-0.15, -0.1) is 0 Å². The molecule has 1 unspecified atom stereocenters. The van der Waals surface area contributed by atoms with Gasteiger partial charge in [-0.2, -0.15) is 0 Å². The first-order valence-electron chi connectivity index (χ1n) is 7.36. The first-order valence-corrected chi connectivity index (χ1v) is 7.36. The summed E-state index contributed by atoms with van der Waals surface area (Å²) in [6, 6.07) is 17.3. The van der Waals surface area contributed by atoms with Gasteiger partial charge in [0.15, 0.2) is 5.78 Å². The van der Waals surface area contributed by atoms with Crippen molar-refractivity contribution in [2.45, 2.75) is 18.9 Å².